The van der Waals surface area contributed by atoms with Crippen LogP contribution in [0.1, 0.15) is 169 Å². The van der Waals surface area contributed by atoms with Gasteiger partial charge >= 0.3 is 11.9 Å². The van der Waals surface area contributed by atoms with Crippen LogP contribution >= 0.6 is 0 Å². The molecule has 4 aromatic carbocycles. The lowest BCUT2D eigenvalue weighted by Gasteiger charge is -2.09. The Labute approximate surface area is 369 Å². The maximum atomic E-state index is 12.9. The molecule has 0 unspecified atom stereocenters. The molecule has 0 saturated heterocycles. The first-order valence-corrected chi connectivity index (χ1v) is 23.4. The highest BCUT2D eigenvalue weighted by molar-refractivity contribution is 5.92. The number of benzene rings is 4. The molecule has 5 aromatic rings. The number of hydrogen-bond donors (Lipinski definition) is 0. The van der Waals surface area contributed by atoms with Crippen LogP contribution in [0.5, 0.6) is 23.0 Å². The van der Waals surface area contributed by atoms with Gasteiger partial charge in [-0.05, 0) is 116 Å². The summed E-state index contributed by atoms with van der Waals surface area (Å²) in [6.45, 7) is 7.74. The highest BCUT2D eigenvalue weighted by Gasteiger charge is 2.16. The van der Waals surface area contributed by atoms with Crippen molar-refractivity contribution in [2.75, 3.05) is 13.2 Å². The predicted molar refractivity (Wildman–Crippen MR) is 247 cm³/mol. The summed E-state index contributed by atoms with van der Waals surface area (Å²) in [6.07, 6.45) is 25.6. The van der Waals surface area contributed by atoms with E-state index in [0.29, 0.717) is 58.7 Å². The van der Waals surface area contributed by atoms with Gasteiger partial charge in [-0.1, -0.05) is 129 Å². The van der Waals surface area contributed by atoms with Crippen LogP contribution in [-0.4, -0.2) is 35.3 Å². The molecule has 9 nitrogen and oxygen atoms in total. The van der Waals surface area contributed by atoms with Gasteiger partial charge in [-0.2, -0.15) is 0 Å². The molecule has 0 saturated carbocycles. The number of ether oxygens (including phenoxy) is 4. The van der Waals surface area contributed by atoms with Gasteiger partial charge in [0.25, 0.3) is 0 Å². The van der Waals surface area contributed by atoms with Gasteiger partial charge in [0, 0.05) is 11.1 Å². The van der Waals surface area contributed by atoms with E-state index < -0.39 is 11.9 Å². The Balaban J connectivity index is 0.999. The molecule has 9 heteroatoms. The van der Waals surface area contributed by atoms with E-state index in [1.54, 1.807) is 78.9 Å². The van der Waals surface area contributed by atoms with E-state index in [4.69, 9.17) is 23.4 Å². The fourth-order valence-corrected chi connectivity index (χ4v) is 7.32. The molecule has 1 heterocycles. The Morgan fingerprint density at radius 1 is 0.452 bits per heavy atom. The summed E-state index contributed by atoms with van der Waals surface area (Å²) in [5.74, 6) is 2.02. The molecule has 332 valence electrons. The molecule has 0 aliphatic carbocycles. The molecule has 0 spiro atoms. The van der Waals surface area contributed by atoms with Crippen molar-refractivity contribution >= 4 is 11.9 Å². The molecule has 0 amide bonds. The lowest BCUT2D eigenvalue weighted by molar-refractivity contribution is 0.0725. The van der Waals surface area contributed by atoms with E-state index in [0.717, 1.165) is 29.9 Å². The van der Waals surface area contributed by atoms with Crippen LogP contribution in [0.2, 0.25) is 0 Å². The molecule has 0 atom stereocenters. The second kappa shape index (κ2) is 27.5. The molecular weight excluding hydrogens is 777 g/mol. The minimum absolute atomic E-state index is 0.317. The van der Waals surface area contributed by atoms with Crippen LogP contribution in [0.15, 0.2) is 95.4 Å². The second-order valence-corrected chi connectivity index (χ2v) is 16.3. The Morgan fingerprint density at radius 3 is 1.29 bits per heavy atom. The van der Waals surface area contributed by atoms with Gasteiger partial charge in [-0.25, -0.2) is 9.59 Å². The van der Waals surface area contributed by atoms with E-state index in [1.807, 2.05) is 19.1 Å². The van der Waals surface area contributed by atoms with Crippen LogP contribution in [0.3, 0.4) is 0 Å². The highest BCUT2D eigenvalue weighted by atomic mass is 16.5. The molecule has 0 aliphatic heterocycles. The maximum Gasteiger partial charge on any atom is 0.343 e. The van der Waals surface area contributed by atoms with Crippen molar-refractivity contribution in [2.45, 2.75) is 149 Å². The van der Waals surface area contributed by atoms with Crippen molar-refractivity contribution in [3.8, 4) is 45.9 Å². The number of nitrogens with zero attached hydrogens (tertiary/aromatic N) is 2. The van der Waals surface area contributed by atoms with Crippen LogP contribution in [-0.2, 0) is 0 Å². The Bertz CT molecular complexity index is 2020. The van der Waals surface area contributed by atoms with Crippen molar-refractivity contribution < 1.29 is 33.0 Å². The van der Waals surface area contributed by atoms with Gasteiger partial charge in [0.05, 0.1) is 24.3 Å². The van der Waals surface area contributed by atoms with Gasteiger partial charge in [0.15, 0.2) is 0 Å². The smallest absolute Gasteiger partial charge is 0.343 e. The van der Waals surface area contributed by atoms with Crippen molar-refractivity contribution in [1.82, 2.24) is 10.2 Å². The summed E-state index contributed by atoms with van der Waals surface area (Å²) in [4.78, 5) is 25.8. The summed E-state index contributed by atoms with van der Waals surface area (Å²) in [5, 5.41) is 8.50. The standard InChI is InChI=1S/C53H68N2O7/c1-4-6-8-10-12-14-16-18-20-22-38-58-45-30-26-43(27-31-45)52(56)60-47-34-24-42(25-35-47)50-54-55-51(62-50)49-37-36-48(40-41(49)3)61-53(57)44-28-32-46(33-29-44)59-39-23-21-19-17-15-13-11-9-7-5-2/h24-37,40H,4-23,38-39H2,1-3H3. The third kappa shape index (κ3) is 16.8. The van der Waals surface area contributed by atoms with E-state index in [9.17, 15) is 9.59 Å². The summed E-state index contributed by atoms with van der Waals surface area (Å²) >= 11 is 0. The molecule has 0 radical (unpaired) electrons. The summed E-state index contributed by atoms with van der Waals surface area (Å²) in [7, 11) is 0. The average Bonchev–Trinajstić information content (AvgIpc) is 3.78. The minimum atomic E-state index is -0.457. The number of hydrogen-bond acceptors (Lipinski definition) is 9. The fourth-order valence-electron chi connectivity index (χ4n) is 7.32. The van der Waals surface area contributed by atoms with Crippen LogP contribution in [0.25, 0.3) is 22.9 Å². The zero-order chi connectivity index (χ0) is 43.6. The Kier molecular flexibility index (Phi) is 21.1. The first-order chi connectivity index (χ1) is 30.4. The summed E-state index contributed by atoms with van der Waals surface area (Å²) in [5.41, 5.74) is 3.07. The molecule has 0 aliphatic rings. The Morgan fingerprint density at radius 2 is 0.839 bits per heavy atom. The summed E-state index contributed by atoms with van der Waals surface area (Å²) < 4.78 is 29.1. The molecule has 5 rings (SSSR count). The zero-order valence-electron chi connectivity index (χ0n) is 37.5. The first kappa shape index (κ1) is 47.6. The topological polar surface area (TPSA) is 110 Å². The molecular formula is C53H68N2O7. The highest BCUT2D eigenvalue weighted by Crippen LogP contribution is 2.30. The SMILES string of the molecule is CCCCCCCCCCCCOc1ccc(C(=O)Oc2ccc(-c3nnc(-c4ccc(OC(=O)c5ccc(OCCCCCCCCCCCC)cc5)cc4C)o3)cc2)cc1. The lowest BCUT2D eigenvalue weighted by atomic mass is 10.1. The lowest BCUT2D eigenvalue weighted by Crippen LogP contribution is -2.08. The number of esters is 2. The van der Waals surface area contributed by atoms with Crippen molar-refractivity contribution in [3.63, 3.8) is 0 Å². The molecule has 0 bridgehead atoms. The predicted octanol–water partition coefficient (Wildman–Crippen LogP) is 14.7. The number of rotatable bonds is 30. The van der Waals surface area contributed by atoms with Crippen molar-refractivity contribution in [3.05, 3.63) is 108 Å². The van der Waals surface area contributed by atoms with Crippen LogP contribution < -0.4 is 18.9 Å². The van der Waals surface area contributed by atoms with Crippen molar-refractivity contribution in [1.29, 1.82) is 0 Å². The number of carbonyl (C=O) groups is 2. The van der Waals surface area contributed by atoms with Gasteiger partial charge in [0.2, 0.25) is 11.8 Å². The van der Waals surface area contributed by atoms with Gasteiger partial charge in [-0.15, -0.1) is 10.2 Å². The Hall–Kier alpha value is -5.44. The van der Waals surface area contributed by atoms with Gasteiger partial charge in [-0.3, -0.25) is 0 Å². The van der Waals surface area contributed by atoms with E-state index in [2.05, 4.69) is 24.0 Å². The number of carbonyl (C=O) groups excluding carboxylic acids is 2. The second-order valence-electron chi connectivity index (χ2n) is 16.3. The third-order valence-corrected chi connectivity index (χ3v) is 11.1. The quantitative estimate of drug-likeness (QED) is 0.0253. The van der Waals surface area contributed by atoms with Gasteiger partial charge in [0.1, 0.15) is 23.0 Å². The third-order valence-electron chi connectivity index (χ3n) is 11.1. The molecule has 0 N–H and O–H groups in total. The largest absolute Gasteiger partial charge is 0.494 e. The van der Waals surface area contributed by atoms with Gasteiger partial charge < -0.3 is 23.4 Å². The molecule has 0 fully saturated rings. The number of unbranched alkanes of at least 4 members (excludes halogenated alkanes) is 18. The van der Waals surface area contributed by atoms with Crippen LogP contribution in [0, 0.1) is 6.92 Å². The monoisotopic (exact) mass is 845 g/mol. The summed E-state index contributed by atoms with van der Waals surface area (Å²) in [6, 6.07) is 26.3. The van der Waals surface area contributed by atoms with E-state index in [1.165, 1.54) is 116 Å². The van der Waals surface area contributed by atoms with E-state index >= 15 is 0 Å². The number of aryl methyl sites for hydroxylation is 1. The normalized spacial score (nSPS) is 11.1. The van der Waals surface area contributed by atoms with E-state index in [-0.39, 0.29) is 0 Å². The van der Waals surface area contributed by atoms with Crippen molar-refractivity contribution in [2.24, 2.45) is 0 Å². The average molecular weight is 845 g/mol. The maximum absolute atomic E-state index is 12.9. The zero-order valence-corrected chi connectivity index (χ0v) is 37.5. The van der Waals surface area contributed by atoms with Crippen LogP contribution in [0.4, 0.5) is 0 Å². The molecule has 1 aromatic heterocycles. The first-order valence-electron chi connectivity index (χ1n) is 23.4. The molecule has 62 heavy (non-hydrogen) atoms. The minimum Gasteiger partial charge on any atom is -0.494 e. The fraction of sp³-hybridized carbons (Fsp3) is 0.472. The number of aromatic nitrogens is 2.